The van der Waals surface area contributed by atoms with Gasteiger partial charge in [-0.15, -0.1) is 0 Å². The molecule has 1 aliphatic heterocycles. The second kappa shape index (κ2) is 15.0. The molecular weight excluding hydrogens is 695 g/mol. The summed E-state index contributed by atoms with van der Waals surface area (Å²) in [6.45, 7) is 9.32. The van der Waals surface area contributed by atoms with Gasteiger partial charge < -0.3 is 33.4 Å². The van der Waals surface area contributed by atoms with Crippen molar-refractivity contribution in [2.45, 2.75) is 68.7 Å². The van der Waals surface area contributed by atoms with Gasteiger partial charge in [0.1, 0.15) is 29.3 Å². The number of methoxy groups -OCH3 is 2. The first kappa shape index (κ1) is 38.4. The van der Waals surface area contributed by atoms with Crippen LogP contribution in [0.5, 0.6) is 11.5 Å². The van der Waals surface area contributed by atoms with E-state index in [-0.39, 0.29) is 0 Å². The Labute approximate surface area is 297 Å². The van der Waals surface area contributed by atoms with Crippen molar-refractivity contribution in [2.75, 3.05) is 20.8 Å². The number of H-pyrrole nitrogens is 1. The van der Waals surface area contributed by atoms with E-state index in [0.717, 1.165) is 10.6 Å². The Hall–Kier alpha value is -3.85. The first-order chi connectivity index (χ1) is 24.1. The fourth-order valence-electron chi connectivity index (χ4n) is 5.90. The van der Waals surface area contributed by atoms with Crippen LogP contribution >= 0.6 is 8.25 Å². The van der Waals surface area contributed by atoms with Gasteiger partial charge in [-0.3, -0.25) is 23.4 Å². The maximum Gasteiger partial charge on any atom is 0.330 e. The molecule has 15 heteroatoms. The molecule has 3 N–H and O–H groups in total. The van der Waals surface area contributed by atoms with E-state index in [2.05, 4.69) is 4.98 Å². The average molecular weight is 741 g/mol. The molecule has 5 atom stereocenters. The highest BCUT2D eigenvalue weighted by Crippen LogP contribution is 2.49. The molecule has 1 aliphatic rings. The summed E-state index contributed by atoms with van der Waals surface area (Å²) in [7, 11) is -3.54. The summed E-state index contributed by atoms with van der Waals surface area (Å²) in [5.74, 6) is -1.38. The molecular formula is C36H45N2O11PSi. The van der Waals surface area contributed by atoms with Crippen molar-refractivity contribution >= 4 is 16.6 Å². The molecule has 1 saturated heterocycles. The molecule has 3 aromatic carbocycles. The smallest absolute Gasteiger partial charge is 0.330 e. The summed E-state index contributed by atoms with van der Waals surface area (Å²) in [5.41, 5.74) is -0.778. The standard InChI is InChI=1S/C36H45N2O11PSi/c1-34(2,3)51(6,7)48-31-32(38-22-21-30(39)37-33(38)40)47-29(36(31,41)49-50(42)43)23-46-35(24-11-9-8-10-12-24,25-13-17-27(44-4)18-14-25)26-15-19-28(45-5)20-16-26/h8-22,29,31-32,41,50H,23H2,1-7H3,(H,42,43)(H,37,39,40)/t29-,31+,32-,36-/m1/s1. The molecule has 0 bridgehead atoms. The Morgan fingerprint density at radius 1 is 0.882 bits per heavy atom. The highest BCUT2D eigenvalue weighted by molar-refractivity contribution is 7.32. The van der Waals surface area contributed by atoms with Crippen LogP contribution in [0.25, 0.3) is 0 Å². The minimum atomic E-state index is -3.85. The zero-order valence-corrected chi connectivity index (χ0v) is 31.6. The number of rotatable bonds is 13. The molecule has 1 aromatic heterocycles. The van der Waals surface area contributed by atoms with Gasteiger partial charge >= 0.3 is 13.9 Å². The third kappa shape index (κ3) is 7.69. The van der Waals surface area contributed by atoms with Gasteiger partial charge in [0.25, 0.3) is 5.56 Å². The number of hydrogen-bond donors (Lipinski definition) is 3. The molecule has 0 saturated carbocycles. The topological polar surface area (TPSA) is 168 Å². The van der Waals surface area contributed by atoms with Crippen molar-refractivity contribution in [2.24, 2.45) is 0 Å². The van der Waals surface area contributed by atoms with E-state index < -0.39 is 69.3 Å². The Kier molecular flexibility index (Phi) is 11.3. The summed E-state index contributed by atoms with van der Waals surface area (Å²) in [4.78, 5) is 37.5. The number of benzene rings is 3. The monoisotopic (exact) mass is 740 g/mol. The minimum Gasteiger partial charge on any atom is -0.497 e. The molecule has 0 amide bonds. The maximum atomic E-state index is 13.2. The lowest BCUT2D eigenvalue weighted by Gasteiger charge is -2.43. The molecule has 4 aromatic rings. The van der Waals surface area contributed by atoms with Gasteiger partial charge in [-0.05, 0) is 59.1 Å². The summed E-state index contributed by atoms with van der Waals surface area (Å²) >= 11 is 0. The van der Waals surface area contributed by atoms with Crippen molar-refractivity contribution in [3.05, 3.63) is 129 Å². The second-order valence-electron chi connectivity index (χ2n) is 13.8. The van der Waals surface area contributed by atoms with Crippen LogP contribution in [0.1, 0.15) is 43.7 Å². The number of hydrogen-bond acceptors (Lipinski definition) is 10. The van der Waals surface area contributed by atoms with E-state index in [4.69, 9.17) is 27.9 Å². The van der Waals surface area contributed by atoms with Crippen molar-refractivity contribution in [1.29, 1.82) is 0 Å². The van der Waals surface area contributed by atoms with Crippen LogP contribution in [0.3, 0.4) is 0 Å². The Morgan fingerprint density at radius 2 is 1.41 bits per heavy atom. The zero-order valence-electron chi connectivity index (χ0n) is 29.6. The van der Waals surface area contributed by atoms with E-state index in [1.807, 2.05) is 88.5 Å². The van der Waals surface area contributed by atoms with Gasteiger partial charge in [-0.1, -0.05) is 75.4 Å². The van der Waals surface area contributed by atoms with E-state index in [1.54, 1.807) is 38.5 Å². The van der Waals surface area contributed by atoms with E-state index >= 15 is 0 Å². The number of aromatic nitrogens is 2. The summed E-state index contributed by atoms with van der Waals surface area (Å²) in [5, 5.41) is 12.0. The van der Waals surface area contributed by atoms with E-state index in [0.29, 0.717) is 28.2 Å². The van der Waals surface area contributed by atoms with Crippen LogP contribution in [-0.2, 0) is 28.6 Å². The van der Waals surface area contributed by atoms with Gasteiger partial charge in [0.05, 0.1) is 20.8 Å². The fraction of sp³-hybridized carbons (Fsp3) is 0.389. The summed E-state index contributed by atoms with van der Waals surface area (Å²) < 4.78 is 49.9. The minimum absolute atomic E-state index is 0.404. The molecule has 51 heavy (non-hydrogen) atoms. The van der Waals surface area contributed by atoms with Crippen molar-refractivity contribution in [3.63, 3.8) is 0 Å². The SMILES string of the molecule is COc1ccc(C(OC[C@H]2O[C@@H](n3ccc(=O)[nH]c3=O)[C@H](O[Si](C)(C)C(C)(C)C)[C@]2(O)O[PH](=O)O)(c2ccccc2)c2ccc(OC)cc2)cc1. The predicted molar refractivity (Wildman–Crippen MR) is 193 cm³/mol. The molecule has 1 unspecified atom stereocenters. The predicted octanol–water partition coefficient (Wildman–Crippen LogP) is 4.94. The van der Waals surface area contributed by atoms with E-state index in [1.165, 1.54) is 6.20 Å². The molecule has 1 fully saturated rings. The Morgan fingerprint density at radius 3 is 1.88 bits per heavy atom. The fourth-order valence-corrected chi connectivity index (χ4v) is 7.70. The highest BCUT2D eigenvalue weighted by atomic mass is 31.1. The lowest BCUT2D eigenvalue weighted by molar-refractivity contribution is -0.222. The van der Waals surface area contributed by atoms with Gasteiger partial charge in [0.2, 0.25) is 5.79 Å². The van der Waals surface area contributed by atoms with Crippen molar-refractivity contribution in [3.8, 4) is 11.5 Å². The molecule has 2 heterocycles. The first-order valence-electron chi connectivity index (χ1n) is 16.3. The molecule has 13 nitrogen and oxygen atoms in total. The molecule has 274 valence electrons. The Balaban J connectivity index is 1.69. The largest absolute Gasteiger partial charge is 0.497 e. The lowest BCUT2D eigenvalue weighted by Crippen LogP contribution is -2.57. The molecule has 0 aliphatic carbocycles. The van der Waals surface area contributed by atoms with Crippen LogP contribution in [-0.4, -0.2) is 66.7 Å². The summed E-state index contributed by atoms with van der Waals surface area (Å²) in [6.07, 6.45) is -3.21. The van der Waals surface area contributed by atoms with Gasteiger partial charge in [-0.2, -0.15) is 0 Å². The van der Waals surface area contributed by atoms with Gasteiger partial charge in [-0.25, -0.2) is 4.79 Å². The quantitative estimate of drug-likeness (QED) is 0.0736. The highest BCUT2D eigenvalue weighted by Gasteiger charge is 2.62. The third-order valence-electron chi connectivity index (χ3n) is 9.66. The van der Waals surface area contributed by atoms with Crippen LogP contribution in [0.15, 0.2) is 101 Å². The summed E-state index contributed by atoms with van der Waals surface area (Å²) in [6, 6.07) is 25.1. The number of aromatic amines is 1. The molecule has 5 rings (SSSR count). The van der Waals surface area contributed by atoms with Crippen LogP contribution in [0, 0.1) is 0 Å². The first-order valence-corrected chi connectivity index (χ1v) is 20.5. The maximum absolute atomic E-state index is 13.2. The average Bonchev–Trinajstić information content (AvgIpc) is 3.34. The second-order valence-corrected chi connectivity index (χ2v) is 19.3. The van der Waals surface area contributed by atoms with E-state index in [9.17, 15) is 24.2 Å². The molecule has 0 radical (unpaired) electrons. The third-order valence-corrected chi connectivity index (χ3v) is 14.6. The van der Waals surface area contributed by atoms with Crippen molar-refractivity contribution in [1.82, 2.24) is 9.55 Å². The number of nitrogens with one attached hydrogen (secondary N) is 1. The van der Waals surface area contributed by atoms with Crippen molar-refractivity contribution < 1.29 is 42.5 Å². The Bertz CT molecular complexity index is 1880. The van der Waals surface area contributed by atoms with Crippen LogP contribution < -0.4 is 20.7 Å². The number of ether oxygens (including phenoxy) is 4. The molecule has 0 spiro atoms. The number of aliphatic hydroxyl groups is 1. The van der Waals surface area contributed by atoms with Gasteiger partial charge in [0, 0.05) is 12.3 Å². The van der Waals surface area contributed by atoms with Crippen LogP contribution in [0.4, 0.5) is 0 Å². The zero-order chi connectivity index (χ0) is 37.2. The normalized spacial score (nSPS) is 21.7. The van der Waals surface area contributed by atoms with Crippen LogP contribution in [0.2, 0.25) is 18.1 Å². The van der Waals surface area contributed by atoms with Gasteiger partial charge in [0.15, 0.2) is 14.5 Å². The lowest BCUT2D eigenvalue weighted by atomic mass is 9.80. The number of nitrogens with zero attached hydrogens (tertiary/aromatic N) is 1.